The Morgan fingerprint density at radius 3 is 1.00 bits per heavy atom. The first-order chi connectivity index (χ1) is 42.2. The van der Waals surface area contributed by atoms with Gasteiger partial charge in [-0.25, -0.2) is 0 Å². The molecular weight excluding hydrogens is 1190 g/mol. The predicted octanol–water partition coefficient (Wildman–Crippen LogP) is 20.1. The molecule has 13 heteroatoms. The second kappa shape index (κ2) is 32.7. The number of primary amides is 1. The number of thiophene rings is 5. The molecule has 0 atom stereocenters. The molecule has 5 aromatic heterocycles. The van der Waals surface area contributed by atoms with Gasteiger partial charge in [0.25, 0.3) is 5.91 Å². The number of nitrogens with two attached hydrogens (primary N) is 1. The number of rotatable bonds is 19. The number of aryl methyl sites for hydroxylation is 1. The van der Waals surface area contributed by atoms with E-state index in [1.165, 1.54) is 71.7 Å². The molecule has 10 aromatic rings. The predicted molar refractivity (Wildman–Crippen MR) is 374 cm³/mol. The molecule has 1 aliphatic carbocycles. The van der Waals surface area contributed by atoms with Crippen molar-refractivity contribution in [2.75, 3.05) is 0 Å². The molecule has 5 heterocycles. The average molecular weight is 1260 g/mol. The lowest BCUT2D eigenvalue weighted by Crippen LogP contribution is -2.08. The van der Waals surface area contributed by atoms with Crippen molar-refractivity contribution in [1.29, 1.82) is 0 Å². The van der Waals surface area contributed by atoms with Crippen LogP contribution in [-0.2, 0) is 38.5 Å². The topological polar surface area (TPSA) is 161 Å². The number of ketones is 1. The van der Waals surface area contributed by atoms with Crippen LogP contribution in [0.4, 0.5) is 0 Å². The van der Waals surface area contributed by atoms with Crippen LogP contribution in [0.1, 0.15) is 147 Å². The minimum Gasteiger partial charge on any atom is -0.508 e. The fraction of sp³-hybridized carbons (Fsp3) is 0.147. The molecule has 8 nitrogen and oxygen atoms in total. The zero-order chi connectivity index (χ0) is 63.3. The van der Waals surface area contributed by atoms with Gasteiger partial charge in [-0.3, -0.25) is 9.59 Å². The molecule has 11 rings (SSSR count). The van der Waals surface area contributed by atoms with Crippen LogP contribution < -0.4 is 5.73 Å². The second-order valence-corrected chi connectivity index (χ2v) is 26.7. The molecule has 0 aliphatic heterocycles. The van der Waals surface area contributed by atoms with E-state index >= 15 is 0 Å². The van der Waals surface area contributed by atoms with Gasteiger partial charge in [0.1, 0.15) is 28.8 Å². The Hall–Kier alpha value is -9.00. The number of carbonyl (C=O) groups excluding carboxylic acids is 2. The maximum Gasteiger partial charge on any atom is 0.258 e. The Morgan fingerprint density at radius 1 is 0.420 bits per heavy atom. The highest BCUT2D eigenvalue weighted by atomic mass is 32.1. The molecular formula is C75H71NO7S5. The number of carbonyl (C=O) groups is 2. The fourth-order valence-corrected chi connectivity index (χ4v) is 13.6. The molecule has 1 amide bonds. The van der Waals surface area contributed by atoms with Gasteiger partial charge in [-0.2, -0.15) is 0 Å². The Morgan fingerprint density at radius 2 is 0.716 bits per heavy atom. The summed E-state index contributed by atoms with van der Waals surface area (Å²) in [5, 5.41) is 46.2. The number of amides is 1. The van der Waals surface area contributed by atoms with Crippen LogP contribution in [0.2, 0.25) is 0 Å². The van der Waals surface area contributed by atoms with Gasteiger partial charge in [0.05, 0.1) is 14.6 Å². The number of benzene rings is 5. The third kappa shape index (κ3) is 21.2. The van der Waals surface area contributed by atoms with E-state index in [-0.39, 0.29) is 34.6 Å². The Kier molecular flexibility index (Phi) is 24.7. The SMILES string of the molecule is C#Cc1ccc(Cc2ccc(C(=C)O)cc2)s1.C=C(O)c1ccc(Cc2ccc(C(C)=O)s2)cc1.C=C(O)c1ccc(Cc2ccc(C(N)=O)s2)cc1.C=C(O)c1ccc(Cc2ccc(C3CC3)s2)cc1.C=C(O)c1ccc(Cc2ccc(CC)s2)cc1. The van der Waals surface area contributed by atoms with E-state index in [0.29, 0.717) is 10.4 Å². The Balaban J connectivity index is 0.000000157. The van der Waals surface area contributed by atoms with Gasteiger partial charge in [0, 0.05) is 94.1 Å². The van der Waals surface area contributed by atoms with Crippen LogP contribution in [0, 0.1) is 12.3 Å². The van der Waals surface area contributed by atoms with Crippen molar-refractivity contribution in [3.8, 4) is 12.3 Å². The van der Waals surface area contributed by atoms with Crippen molar-refractivity contribution in [1.82, 2.24) is 0 Å². The van der Waals surface area contributed by atoms with Crippen molar-refractivity contribution < 1.29 is 35.1 Å². The molecule has 5 aromatic carbocycles. The van der Waals surface area contributed by atoms with E-state index in [4.69, 9.17) is 12.2 Å². The van der Waals surface area contributed by atoms with E-state index in [0.717, 1.165) is 97.3 Å². The summed E-state index contributed by atoms with van der Waals surface area (Å²) in [6, 6.07) is 59.2. The van der Waals surface area contributed by atoms with Crippen molar-refractivity contribution in [2.45, 2.75) is 71.1 Å². The third-order valence-corrected chi connectivity index (χ3v) is 19.6. The van der Waals surface area contributed by atoms with Gasteiger partial charge in [0.2, 0.25) is 0 Å². The summed E-state index contributed by atoms with van der Waals surface area (Å²) in [6.45, 7) is 21.2. The number of hydrogen-bond donors (Lipinski definition) is 6. The maximum atomic E-state index is 11.2. The first-order valence-electron chi connectivity index (χ1n) is 28.3. The van der Waals surface area contributed by atoms with Crippen molar-refractivity contribution in [3.63, 3.8) is 0 Å². The highest BCUT2D eigenvalue weighted by molar-refractivity contribution is 7.14. The molecule has 1 aliphatic rings. The standard InChI is InChI=1S/C16H16OS.C15H14O2S.C15H16OS.C15H12OS.C14H13NO2S/c1-11(17)13-4-2-12(3-5-13)10-15-8-9-16(18-15)14-6-7-14;1-10(16)13-5-3-12(4-6-13)9-14-7-8-15(18-14)11(2)17;2*1-3-14-8-9-15(17-14)10-12-4-6-13(7-5-12)11(2)16;1-9(16)11-4-2-10(3-5-11)8-12-6-7-13(18-12)14(15)17/h2-5,8-9,14,17H,1,6-7,10H2;3-8,16H,1,9H2,2H3;4-9,16H,2-3,10H2,1H3;1,4-9,16H,2,10H2;2-7,16H,1,8H2,(H2,15,17). The van der Waals surface area contributed by atoms with Gasteiger partial charge in [0.15, 0.2) is 5.78 Å². The first-order valence-corrected chi connectivity index (χ1v) is 32.4. The normalized spacial score (nSPS) is 11.1. The molecule has 448 valence electrons. The van der Waals surface area contributed by atoms with E-state index in [2.05, 4.69) is 88.2 Å². The van der Waals surface area contributed by atoms with Gasteiger partial charge < -0.3 is 31.3 Å². The molecule has 0 saturated heterocycles. The van der Waals surface area contributed by atoms with Crippen LogP contribution in [0.5, 0.6) is 0 Å². The van der Waals surface area contributed by atoms with Crippen LogP contribution in [0.25, 0.3) is 28.8 Å². The lowest BCUT2D eigenvalue weighted by molar-refractivity contribution is 0.1000. The van der Waals surface area contributed by atoms with Gasteiger partial charge in [-0.05, 0) is 121 Å². The highest BCUT2D eigenvalue weighted by Gasteiger charge is 2.25. The molecule has 0 unspecified atom stereocenters. The zero-order valence-corrected chi connectivity index (χ0v) is 53.4. The summed E-state index contributed by atoms with van der Waals surface area (Å²) < 4.78 is 0. The molecule has 0 spiro atoms. The van der Waals surface area contributed by atoms with Gasteiger partial charge in [-0.15, -0.1) is 63.1 Å². The van der Waals surface area contributed by atoms with E-state index < -0.39 is 5.91 Å². The van der Waals surface area contributed by atoms with Crippen LogP contribution >= 0.6 is 56.7 Å². The molecule has 88 heavy (non-hydrogen) atoms. The van der Waals surface area contributed by atoms with Crippen LogP contribution in [-0.4, -0.2) is 37.2 Å². The molecule has 1 fully saturated rings. The smallest absolute Gasteiger partial charge is 0.258 e. The molecule has 1 saturated carbocycles. The highest BCUT2D eigenvalue weighted by Crippen LogP contribution is 2.43. The summed E-state index contributed by atoms with van der Waals surface area (Å²) in [4.78, 5) is 33.8. The minimum absolute atomic E-state index is 0.0636. The number of aliphatic hydroxyl groups excluding tert-OH is 5. The number of Topliss-reactive ketones (excluding diaryl/α,β-unsaturated/α-hetero) is 1. The number of aliphatic hydroxyl groups is 5. The van der Waals surface area contributed by atoms with Crippen molar-refractivity contribution in [3.05, 3.63) is 319 Å². The summed E-state index contributed by atoms with van der Waals surface area (Å²) in [5.74, 6) is 3.70. The Bertz CT molecular complexity index is 3920. The van der Waals surface area contributed by atoms with E-state index in [9.17, 15) is 35.1 Å². The van der Waals surface area contributed by atoms with Crippen LogP contribution in [0.15, 0.2) is 215 Å². The number of terminal acetylenes is 1. The lowest BCUT2D eigenvalue weighted by Gasteiger charge is -2.01. The maximum absolute atomic E-state index is 11.2. The Labute approximate surface area is 536 Å². The quantitative estimate of drug-likeness (QED) is 0.0267. The molecule has 0 radical (unpaired) electrons. The fourth-order valence-electron chi connectivity index (χ4n) is 8.68. The minimum atomic E-state index is -0.391. The summed E-state index contributed by atoms with van der Waals surface area (Å²) >= 11 is 8.38. The average Bonchev–Trinajstić information content (AvgIpc) is 4.29. The van der Waals surface area contributed by atoms with Gasteiger partial charge >= 0.3 is 0 Å². The zero-order valence-electron chi connectivity index (χ0n) is 49.3. The first kappa shape index (κ1) is 66.5. The summed E-state index contributed by atoms with van der Waals surface area (Å²) in [7, 11) is 0. The molecule has 7 N–H and O–H groups in total. The van der Waals surface area contributed by atoms with Crippen molar-refractivity contribution >= 4 is 97.2 Å². The third-order valence-electron chi connectivity index (χ3n) is 13.8. The summed E-state index contributed by atoms with van der Waals surface area (Å²) in [6.07, 6.45) is 13.5. The number of hydrogen-bond acceptors (Lipinski definition) is 12. The molecule has 0 bridgehead atoms. The van der Waals surface area contributed by atoms with Crippen molar-refractivity contribution in [2.24, 2.45) is 5.73 Å². The summed E-state index contributed by atoms with van der Waals surface area (Å²) in [5.41, 5.74) is 15.0. The van der Waals surface area contributed by atoms with E-state index in [1.54, 1.807) is 29.2 Å². The monoisotopic (exact) mass is 1260 g/mol. The van der Waals surface area contributed by atoms with Gasteiger partial charge in [-0.1, -0.05) is 167 Å². The van der Waals surface area contributed by atoms with E-state index in [1.807, 2.05) is 156 Å². The lowest BCUT2D eigenvalue weighted by atomic mass is 10.1. The largest absolute Gasteiger partial charge is 0.508 e. The van der Waals surface area contributed by atoms with Crippen LogP contribution in [0.3, 0.4) is 0 Å². The second-order valence-electron chi connectivity index (χ2n) is 20.8.